The van der Waals surface area contributed by atoms with Gasteiger partial charge in [0.25, 0.3) is 0 Å². The fraction of sp³-hybridized carbons (Fsp3) is 0.529. The fourth-order valence-electron chi connectivity index (χ4n) is 2.78. The first kappa shape index (κ1) is 19.0. The minimum absolute atomic E-state index is 0.0360. The van der Waals surface area contributed by atoms with Gasteiger partial charge in [0, 0.05) is 12.2 Å². The van der Waals surface area contributed by atoms with Crippen molar-refractivity contribution in [3.05, 3.63) is 28.2 Å². The van der Waals surface area contributed by atoms with Crippen LogP contribution < -0.4 is 10.6 Å². The Balaban J connectivity index is 1.99. The van der Waals surface area contributed by atoms with E-state index in [1.165, 1.54) is 0 Å². The highest BCUT2D eigenvalue weighted by molar-refractivity contribution is 6.42. The first-order chi connectivity index (χ1) is 11.5. The molecule has 2 N–H and O–H groups in total. The Kier molecular flexibility index (Phi) is 7.34. The second kappa shape index (κ2) is 9.25. The molecule has 1 aliphatic rings. The van der Waals surface area contributed by atoms with Gasteiger partial charge in [-0.2, -0.15) is 0 Å². The largest absolute Gasteiger partial charge is 0.355 e. The van der Waals surface area contributed by atoms with E-state index in [0.717, 1.165) is 32.2 Å². The number of nitrogens with one attached hydrogen (secondary N) is 2. The summed E-state index contributed by atoms with van der Waals surface area (Å²) in [6, 6.07) is 4.69. The fourth-order valence-corrected chi connectivity index (χ4v) is 3.08. The van der Waals surface area contributed by atoms with Crippen LogP contribution in [0.25, 0.3) is 0 Å². The molecule has 5 nitrogen and oxygen atoms in total. The zero-order valence-electron chi connectivity index (χ0n) is 13.8. The third-order valence-corrected chi connectivity index (χ3v) is 4.76. The summed E-state index contributed by atoms with van der Waals surface area (Å²) in [7, 11) is 0. The maximum Gasteiger partial charge on any atom is 0.241 e. The van der Waals surface area contributed by atoms with Crippen LogP contribution in [-0.4, -0.2) is 42.4 Å². The molecule has 0 radical (unpaired) electrons. The van der Waals surface area contributed by atoms with Crippen molar-refractivity contribution in [1.29, 1.82) is 0 Å². The predicted molar refractivity (Wildman–Crippen MR) is 97.6 cm³/mol. The van der Waals surface area contributed by atoms with E-state index in [1.807, 2.05) is 11.8 Å². The molecule has 1 unspecified atom stereocenters. The summed E-state index contributed by atoms with van der Waals surface area (Å²) in [6.07, 6.45) is 3.62. The second-order valence-electron chi connectivity index (χ2n) is 5.95. The van der Waals surface area contributed by atoms with Gasteiger partial charge < -0.3 is 10.6 Å². The first-order valence-electron chi connectivity index (χ1n) is 8.28. The van der Waals surface area contributed by atoms with Crippen molar-refractivity contribution < 1.29 is 9.59 Å². The molecule has 1 atom stereocenters. The zero-order valence-corrected chi connectivity index (χ0v) is 15.3. The molecule has 0 bridgehead atoms. The average Bonchev–Trinajstić information content (AvgIpc) is 2.56. The lowest BCUT2D eigenvalue weighted by Crippen LogP contribution is -2.50. The number of benzene rings is 1. The molecule has 0 saturated carbocycles. The van der Waals surface area contributed by atoms with Crippen molar-refractivity contribution in [2.24, 2.45) is 0 Å². The van der Waals surface area contributed by atoms with Crippen molar-refractivity contribution in [1.82, 2.24) is 10.2 Å². The lowest BCUT2D eigenvalue weighted by Gasteiger charge is -2.34. The standard InChI is InChI=1S/C17H23Cl2N3O2/c1-2-8-20-16(23)11-22-9-4-3-5-15(22)17(24)21-12-6-7-13(18)14(19)10-12/h6-7,10,15H,2-5,8-9,11H2,1H3,(H,20,23)(H,21,24). The molecule has 1 heterocycles. The van der Waals surface area contributed by atoms with Crippen LogP contribution in [0, 0.1) is 0 Å². The Morgan fingerprint density at radius 1 is 1.25 bits per heavy atom. The first-order valence-corrected chi connectivity index (χ1v) is 9.03. The molecule has 0 aliphatic carbocycles. The van der Waals surface area contributed by atoms with Crippen LogP contribution in [0.1, 0.15) is 32.6 Å². The number of carbonyl (C=O) groups excluding carboxylic acids is 2. The number of halogens is 2. The molecule has 0 aromatic heterocycles. The van der Waals surface area contributed by atoms with Crippen LogP contribution in [0.4, 0.5) is 5.69 Å². The normalized spacial score (nSPS) is 18.2. The SMILES string of the molecule is CCCNC(=O)CN1CCCCC1C(=O)Nc1ccc(Cl)c(Cl)c1. The number of likely N-dealkylation sites (tertiary alicyclic amines) is 1. The number of hydrogen-bond acceptors (Lipinski definition) is 3. The van der Waals surface area contributed by atoms with Crippen molar-refractivity contribution >= 4 is 40.7 Å². The number of amides is 2. The minimum atomic E-state index is -0.305. The topological polar surface area (TPSA) is 61.4 Å². The molecule has 1 saturated heterocycles. The van der Waals surface area contributed by atoms with E-state index < -0.39 is 0 Å². The Labute approximate surface area is 152 Å². The summed E-state index contributed by atoms with van der Waals surface area (Å²) in [4.78, 5) is 26.5. The van der Waals surface area contributed by atoms with Gasteiger partial charge in [-0.3, -0.25) is 14.5 Å². The molecule has 1 aromatic rings. The maximum absolute atomic E-state index is 12.6. The summed E-state index contributed by atoms with van der Waals surface area (Å²) >= 11 is 11.9. The van der Waals surface area contributed by atoms with Gasteiger partial charge in [-0.25, -0.2) is 0 Å². The summed E-state index contributed by atoms with van der Waals surface area (Å²) in [5.41, 5.74) is 0.607. The third kappa shape index (κ3) is 5.36. The molecule has 1 aromatic carbocycles. The smallest absolute Gasteiger partial charge is 0.241 e. The van der Waals surface area contributed by atoms with Gasteiger partial charge in [0.05, 0.1) is 22.6 Å². The third-order valence-electron chi connectivity index (χ3n) is 4.02. The summed E-state index contributed by atoms with van der Waals surface area (Å²) in [5, 5.41) is 6.57. The molecule has 24 heavy (non-hydrogen) atoms. The van der Waals surface area contributed by atoms with Gasteiger partial charge in [0.2, 0.25) is 11.8 Å². The Bertz CT molecular complexity index is 595. The summed E-state index contributed by atoms with van der Waals surface area (Å²) in [6.45, 7) is 3.67. The van der Waals surface area contributed by atoms with E-state index in [9.17, 15) is 9.59 Å². The molecule has 132 valence electrons. The van der Waals surface area contributed by atoms with Gasteiger partial charge in [-0.1, -0.05) is 36.5 Å². The van der Waals surface area contributed by atoms with Gasteiger partial charge in [0.1, 0.15) is 0 Å². The van der Waals surface area contributed by atoms with Gasteiger partial charge in [0.15, 0.2) is 0 Å². The average molecular weight is 372 g/mol. The predicted octanol–water partition coefficient (Wildman–Crippen LogP) is 3.31. The van der Waals surface area contributed by atoms with Crippen LogP contribution in [0.15, 0.2) is 18.2 Å². The minimum Gasteiger partial charge on any atom is -0.355 e. The molecule has 1 fully saturated rings. The van der Waals surface area contributed by atoms with Crippen LogP contribution in [0.3, 0.4) is 0 Å². The van der Waals surface area contributed by atoms with Crippen LogP contribution >= 0.6 is 23.2 Å². The zero-order chi connectivity index (χ0) is 17.5. The Hall–Kier alpha value is -1.30. The van der Waals surface area contributed by atoms with Gasteiger partial charge in [-0.05, 0) is 44.0 Å². The number of nitrogens with zero attached hydrogens (tertiary/aromatic N) is 1. The van der Waals surface area contributed by atoms with Crippen LogP contribution in [0.2, 0.25) is 10.0 Å². The molecule has 7 heteroatoms. The van der Waals surface area contributed by atoms with E-state index in [-0.39, 0.29) is 24.4 Å². The van der Waals surface area contributed by atoms with Crippen molar-refractivity contribution in [3.8, 4) is 0 Å². The number of rotatable bonds is 6. The molecule has 2 rings (SSSR count). The molecular formula is C17H23Cl2N3O2. The van der Waals surface area contributed by atoms with E-state index in [2.05, 4.69) is 10.6 Å². The Morgan fingerprint density at radius 3 is 2.75 bits per heavy atom. The van der Waals surface area contributed by atoms with Gasteiger partial charge >= 0.3 is 0 Å². The number of anilines is 1. The molecule has 2 amide bonds. The van der Waals surface area contributed by atoms with E-state index >= 15 is 0 Å². The maximum atomic E-state index is 12.6. The number of carbonyl (C=O) groups is 2. The number of piperidine rings is 1. The van der Waals surface area contributed by atoms with Crippen molar-refractivity contribution in [2.75, 3.05) is 25.0 Å². The second-order valence-corrected chi connectivity index (χ2v) is 6.76. The van der Waals surface area contributed by atoms with Crippen molar-refractivity contribution in [3.63, 3.8) is 0 Å². The van der Waals surface area contributed by atoms with E-state index in [4.69, 9.17) is 23.2 Å². The van der Waals surface area contributed by atoms with Crippen LogP contribution in [0.5, 0.6) is 0 Å². The lowest BCUT2D eigenvalue weighted by atomic mass is 10.0. The molecule has 1 aliphatic heterocycles. The van der Waals surface area contributed by atoms with Gasteiger partial charge in [-0.15, -0.1) is 0 Å². The highest BCUT2D eigenvalue weighted by atomic mass is 35.5. The van der Waals surface area contributed by atoms with Crippen molar-refractivity contribution in [2.45, 2.75) is 38.6 Å². The van der Waals surface area contributed by atoms with Crippen LogP contribution in [-0.2, 0) is 9.59 Å². The summed E-state index contributed by atoms with van der Waals surface area (Å²) < 4.78 is 0. The Morgan fingerprint density at radius 2 is 2.04 bits per heavy atom. The van der Waals surface area contributed by atoms with E-state index in [1.54, 1.807) is 18.2 Å². The van der Waals surface area contributed by atoms with E-state index in [0.29, 0.717) is 22.3 Å². The molecule has 0 spiro atoms. The molecular weight excluding hydrogens is 349 g/mol. The monoisotopic (exact) mass is 371 g/mol. The number of hydrogen-bond donors (Lipinski definition) is 2. The quantitative estimate of drug-likeness (QED) is 0.806. The lowest BCUT2D eigenvalue weighted by molar-refractivity contribution is -0.127. The summed E-state index contributed by atoms with van der Waals surface area (Å²) in [5.74, 6) is -0.150. The highest BCUT2D eigenvalue weighted by Crippen LogP contribution is 2.26. The highest BCUT2D eigenvalue weighted by Gasteiger charge is 2.30.